The Bertz CT molecular complexity index is 738. The molecule has 0 bridgehead atoms. The molecule has 2 aliphatic rings. The van der Waals surface area contributed by atoms with E-state index in [-0.39, 0.29) is 5.91 Å². The van der Waals surface area contributed by atoms with Crippen molar-refractivity contribution in [3.63, 3.8) is 0 Å². The highest BCUT2D eigenvalue weighted by atomic mass is 32.1. The molecule has 0 saturated carbocycles. The van der Waals surface area contributed by atoms with Crippen molar-refractivity contribution in [3.8, 4) is 10.6 Å². The molecular weight excluding hydrogens is 322 g/mol. The van der Waals surface area contributed by atoms with Crippen LogP contribution in [0.2, 0.25) is 0 Å². The molecule has 0 aliphatic carbocycles. The van der Waals surface area contributed by atoms with Gasteiger partial charge in [0.25, 0.3) is 5.91 Å². The molecule has 128 valence electrons. The first-order valence-corrected chi connectivity index (χ1v) is 9.40. The first-order valence-electron chi connectivity index (χ1n) is 8.58. The Balaban J connectivity index is 1.53. The number of rotatable bonds is 2. The predicted octanol–water partition coefficient (Wildman–Crippen LogP) is 1.92. The number of nitrogens with one attached hydrogen (secondary N) is 1. The molecule has 0 aromatic carbocycles. The minimum absolute atomic E-state index is 0.146. The zero-order valence-corrected chi connectivity index (χ0v) is 15.0. The lowest BCUT2D eigenvalue weighted by atomic mass is 9.92. The maximum absolute atomic E-state index is 13.0. The maximum Gasteiger partial charge on any atom is 0.265 e. The van der Waals surface area contributed by atoms with Crippen LogP contribution in [0, 0.1) is 18.8 Å². The molecule has 1 amide bonds. The summed E-state index contributed by atoms with van der Waals surface area (Å²) in [7, 11) is 1.89. The smallest absolute Gasteiger partial charge is 0.265 e. The van der Waals surface area contributed by atoms with Crippen molar-refractivity contribution >= 4 is 17.2 Å². The molecule has 4 rings (SSSR count). The highest BCUT2D eigenvalue weighted by Crippen LogP contribution is 2.31. The summed E-state index contributed by atoms with van der Waals surface area (Å²) in [6, 6.07) is 0. The van der Waals surface area contributed by atoms with Crippen molar-refractivity contribution in [1.29, 1.82) is 0 Å². The summed E-state index contributed by atoms with van der Waals surface area (Å²) in [5.74, 6) is 1.61. The van der Waals surface area contributed by atoms with Gasteiger partial charge in [-0.25, -0.2) is 4.98 Å². The van der Waals surface area contributed by atoms with Crippen LogP contribution in [0.3, 0.4) is 0 Å². The molecule has 7 heteroatoms. The Kier molecular flexibility index (Phi) is 4.14. The molecule has 1 N–H and O–H groups in total. The quantitative estimate of drug-likeness (QED) is 0.903. The van der Waals surface area contributed by atoms with Crippen molar-refractivity contribution in [2.24, 2.45) is 18.9 Å². The third-order valence-electron chi connectivity index (χ3n) is 5.25. The Morgan fingerprint density at radius 1 is 1.29 bits per heavy atom. The maximum atomic E-state index is 13.0. The van der Waals surface area contributed by atoms with Gasteiger partial charge in [-0.05, 0) is 44.7 Å². The summed E-state index contributed by atoms with van der Waals surface area (Å²) in [5.41, 5.74) is 1.80. The molecule has 4 heterocycles. The molecule has 24 heavy (non-hydrogen) atoms. The van der Waals surface area contributed by atoms with Gasteiger partial charge in [0.1, 0.15) is 9.88 Å². The van der Waals surface area contributed by atoms with E-state index in [1.165, 1.54) is 11.3 Å². The monoisotopic (exact) mass is 345 g/mol. The van der Waals surface area contributed by atoms with Crippen LogP contribution in [-0.4, -0.2) is 51.8 Å². The van der Waals surface area contributed by atoms with Crippen molar-refractivity contribution in [1.82, 2.24) is 25.0 Å². The summed E-state index contributed by atoms with van der Waals surface area (Å²) in [6.07, 6.45) is 5.95. The predicted molar refractivity (Wildman–Crippen MR) is 94.0 cm³/mol. The average molecular weight is 345 g/mol. The van der Waals surface area contributed by atoms with Gasteiger partial charge in [-0.1, -0.05) is 0 Å². The summed E-state index contributed by atoms with van der Waals surface area (Å²) < 4.78 is 1.76. The standard InChI is InChI=1S/C17H23N5OS/c1-11-15(24-16(20-11)14-9-19-21(2)10-14)17(23)22-5-3-12-7-18-8-13(12)4-6-22/h9-10,12-13,18H,3-8H2,1-2H3/t12-,13+. The van der Waals surface area contributed by atoms with Crippen molar-refractivity contribution in [2.45, 2.75) is 19.8 Å². The summed E-state index contributed by atoms with van der Waals surface area (Å²) in [5, 5.41) is 8.55. The van der Waals surface area contributed by atoms with E-state index < -0.39 is 0 Å². The van der Waals surface area contributed by atoms with E-state index in [1.807, 2.05) is 25.1 Å². The van der Waals surface area contributed by atoms with Gasteiger partial charge in [0.05, 0.1) is 11.9 Å². The van der Waals surface area contributed by atoms with E-state index in [0.29, 0.717) is 0 Å². The minimum Gasteiger partial charge on any atom is -0.338 e. The number of thiazole rings is 1. The van der Waals surface area contributed by atoms with E-state index in [1.54, 1.807) is 10.9 Å². The second-order valence-electron chi connectivity index (χ2n) is 6.88. The van der Waals surface area contributed by atoms with Crippen LogP contribution in [0.25, 0.3) is 10.6 Å². The first-order chi connectivity index (χ1) is 11.6. The Labute approximate surface area is 145 Å². The molecule has 2 atom stereocenters. The van der Waals surface area contributed by atoms with Crippen LogP contribution in [0.5, 0.6) is 0 Å². The number of fused-ring (bicyclic) bond motifs is 1. The lowest BCUT2D eigenvalue weighted by Gasteiger charge is -2.20. The number of aryl methyl sites for hydroxylation is 2. The van der Waals surface area contributed by atoms with Crippen LogP contribution < -0.4 is 5.32 Å². The number of carbonyl (C=O) groups is 1. The second kappa shape index (κ2) is 6.29. The number of carbonyl (C=O) groups excluding carboxylic acids is 1. The Hall–Kier alpha value is -1.73. The molecule has 6 nitrogen and oxygen atoms in total. The summed E-state index contributed by atoms with van der Waals surface area (Å²) in [4.78, 5) is 20.4. The third kappa shape index (κ3) is 2.86. The fourth-order valence-corrected chi connectivity index (χ4v) is 4.82. The van der Waals surface area contributed by atoms with Crippen molar-refractivity contribution in [3.05, 3.63) is 23.0 Å². The number of amides is 1. The van der Waals surface area contributed by atoms with E-state index in [0.717, 1.165) is 72.0 Å². The van der Waals surface area contributed by atoms with Gasteiger partial charge in [-0.15, -0.1) is 11.3 Å². The SMILES string of the molecule is Cc1nc(-c2cnn(C)c2)sc1C(=O)N1CC[C@@H]2CNC[C@@H]2CC1. The first kappa shape index (κ1) is 15.8. The lowest BCUT2D eigenvalue weighted by molar-refractivity contribution is 0.0762. The van der Waals surface area contributed by atoms with Gasteiger partial charge < -0.3 is 10.2 Å². The lowest BCUT2D eigenvalue weighted by Crippen LogP contribution is -2.32. The second-order valence-corrected chi connectivity index (χ2v) is 7.88. The number of hydrogen-bond donors (Lipinski definition) is 1. The normalized spacial score (nSPS) is 24.0. The van der Waals surface area contributed by atoms with Gasteiger partial charge in [-0.3, -0.25) is 9.48 Å². The molecular formula is C17H23N5OS. The largest absolute Gasteiger partial charge is 0.338 e. The highest BCUT2D eigenvalue weighted by molar-refractivity contribution is 7.17. The average Bonchev–Trinajstić information content (AvgIpc) is 3.25. The van der Waals surface area contributed by atoms with Crippen LogP contribution in [0.1, 0.15) is 28.2 Å². The van der Waals surface area contributed by atoms with E-state index in [4.69, 9.17) is 0 Å². The van der Waals surface area contributed by atoms with E-state index in [9.17, 15) is 4.79 Å². The van der Waals surface area contributed by atoms with Crippen LogP contribution in [-0.2, 0) is 7.05 Å². The van der Waals surface area contributed by atoms with Crippen LogP contribution >= 0.6 is 11.3 Å². The van der Waals surface area contributed by atoms with E-state index >= 15 is 0 Å². The fourth-order valence-electron chi connectivity index (χ4n) is 3.81. The van der Waals surface area contributed by atoms with Crippen LogP contribution in [0.4, 0.5) is 0 Å². The van der Waals surface area contributed by atoms with Gasteiger partial charge in [0.15, 0.2) is 0 Å². The molecule has 2 fully saturated rings. The number of nitrogens with zero attached hydrogens (tertiary/aromatic N) is 4. The van der Waals surface area contributed by atoms with Crippen molar-refractivity contribution < 1.29 is 4.79 Å². The zero-order chi connectivity index (χ0) is 16.7. The number of likely N-dealkylation sites (tertiary alicyclic amines) is 1. The minimum atomic E-state index is 0.146. The molecule has 0 spiro atoms. The highest BCUT2D eigenvalue weighted by Gasteiger charge is 2.32. The van der Waals surface area contributed by atoms with Gasteiger partial charge >= 0.3 is 0 Å². The molecule has 0 radical (unpaired) electrons. The van der Waals surface area contributed by atoms with Gasteiger partial charge in [0.2, 0.25) is 0 Å². The molecule has 0 unspecified atom stereocenters. The Morgan fingerprint density at radius 3 is 2.62 bits per heavy atom. The summed E-state index contributed by atoms with van der Waals surface area (Å²) >= 11 is 1.49. The zero-order valence-electron chi connectivity index (χ0n) is 14.2. The third-order valence-corrected chi connectivity index (χ3v) is 6.44. The molecule has 2 aliphatic heterocycles. The van der Waals surface area contributed by atoms with E-state index in [2.05, 4.69) is 15.4 Å². The number of aromatic nitrogens is 3. The topological polar surface area (TPSA) is 63.1 Å². The van der Waals surface area contributed by atoms with Crippen LogP contribution in [0.15, 0.2) is 12.4 Å². The fraction of sp³-hybridized carbons (Fsp3) is 0.588. The van der Waals surface area contributed by atoms with Gasteiger partial charge in [0, 0.05) is 31.9 Å². The van der Waals surface area contributed by atoms with Crippen molar-refractivity contribution in [2.75, 3.05) is 26.2 Å². The molecule has 2 aromatic heterocycles. The Morgan fingerprint density at radius 2 is 2.00 bits per heavy atom. The molecule has 2 saturated heterocycles. The van der Waals surface area contributed by atoms with Gasteiger partial charge in [-0.2, -0.15) is 5.10 Å². The molecule has 2 aromatic rings. The number of hydrogen-bond acceptors (Lipinski definition) is 5. The summed E-state index contributed by atoms with van der Waals surface area (Å²) in [6.45, 7) is 5.87.